The maximum absolute atomic E-state index is 12.3. The first kappa shape index (κ1) is 17.5. The summed E-state index contributed by atoms with van der Waals surface area (Å²) < 4.78 is 7.03. The number of carbonyl (C=O) groups is 1. The van der Waals surface area contributed by atoms with Crippen LogP contribution in [0.15, 0.2) is 39.5 Å². The highest BCUT2D eigenvalue weighted by atomic mass is 16.4. The Morgan fingerprint density at radius 2 is 2.00 bits per heavy atom. The molecule has 6 nitrogen and oxygen atoms in total. The van der Waals surface area contributed by atoms with E-state index in [-0.39, 0.29) is 30.3 Å². The lowest BCUT2D eigenvalue weighted by Gasteiger charge is -2.11. The van der Waals surface area contributed by atoms with Crippen molar-refractivity contribution in [3.8, 4) is 6.07 Å². The van der Waals surface area contributed by atoms with Gasteiger partial charge in [0.25, 0.3) is 5.56 Å². The third-order valence-electron chi connectivity index (χ3n) is 4.54. The molecule has 26 heavy (non-hydrogen) atoms. The van der Waals surface area contributed by atoms with Crippen molar-refractivity contribution in [1.82, 2.24) is 4.57 Å². The predicted molar refractivity (Wildman–Crippen MR) is 99.1 cm³/mol. The molecular weight excluding hydrogens is 330 g/mol. The fourth-order valence-electron chi connectivity index (χ4n) is 2.98. The van der Waals surface area contributed by atoms with Gasteiger partial charge in [-0.1, -0.05) is 18.2 Å². The molecular formula is C20H19N3O3. The quantitative estimate of drug-likeness (QED) is 0.782. The number of hydrogen-bond acceptors (Lipinski definition) is 4. The first-order valence-electron chi connectivity index (χ1n) is 8.31. The van der Waals surface area contributed by atoms with Gasteiger partial charge in [0.05, 0.1) is 5.52 Å². The van der Waals surface area contributed by atoms with Crippen molar-refractivity contribution in [2.75, 3.05) is 5.32 Å². The second-order valence-corrected chi connectivity index (χ2v) is 6.23. The molecule has 2 heterocycles. The number of aromatic nitrogens is 1. The van der Waals surface area contributed by atoms with E-state index in [0.717, 1.165) is 16.5 Å². The van der Waals surface area contributed by atoms with E-state index >= 15 is 0 Å². The monoisotopic (exact) mass is 349 g/mol. The minimum absolute atomic E-state index is 0.0939. The third kappa shape index (κ3) is 3.11. The predicted octanol–water partition coefficient (Wildman–Crippen LogP) is 3.42. The highest BCUT2D eigenvalue weighted by molar-refractivity contribution is 5.91. The number of pyridine rings is 1. The molecule has 3 rings (SSSR count). The molecule has 2 aromatic heterocycles. The minimum atomic E-state index is -0.313. The molecule has 0 atom stereocenters. The summed E-state index contributed by atoms with van der Waals surface area (Å²) in [5.41, 5.74) is 2.60. The molecule has 1 N–H and O–H groups in total. The molecule has 6 heteroatoms. The Hall–Kier alpha value is -3.33. The first-order valence-corrected chi connectivity index (χ1v) is 8.31. The van der Waals surface area contributed by atoms with Crippen LogP contribution in [0.5, 0.6) is 0 Å². The van der Waals surface area contributed by atoms with Gasteiger partial charge in [0.1, 0.15) is 17.4 Å². The average molecular weight is 349 g/mol. The van der Waals surface area contributed by atoms with Crippen molar-refractivity contribution < 1.29 is 9.21 Å². The zero-order valence-electron chi connectivity index (χ0n) is 14.9. The molecule has 0 saturated carbocycles. The number of amides is 1. The summed E-state index contributed by atoms with van der Waals surface area (Å²) in [7, 11) is 0. The van der Waals surface area contributed by atoms with Gasteiger partial charge in [0, 0.05) is 30.0 Å². The van der Waals surface area contributed by atoms with Gasteiger partial charge in [-0.05, 0) is 32.4 Å². The summed E-state index contributed by atoms with van der Waals surface area (Å²) in [6.07, 6.45) is 0.0939. The number of anilines is 1. The number of furan rings is 1. The lowest BCUT2D eigenvalue weighted by atomic mass is 10.1. The molecule has 0 aliphatic rings. The van der Waals surface area contributed by atoms with Gasteiger partial charge in [0.15, 0.2) is 0 Å². The Morgan fingerprint density at radius 1 is 1.27 bits per heavy atom. The van der Waals surface area contributed by atoms with Gasteiger partial charge in [-0.3, -0.25) is 14.9 Å². The van der Waals surface area contributed by atoms with E-state index in [4.69, 9.17) is 4.42 Å². The lowest BCUT2D eigenvalue weighted by molar-refractivity contribution is -0.116. The Balaban J connectivity index is 1.81. The number of nitrogens with zero attached hydrogens (tertiary/aromatic N) is 2. The topological polar surface area (TPSA) is 88.0 Å². The molecule has 3 aromatic rings. The molecule has 0 saturated heterocycles. The second kappa shape index (κ2) is 6.89. The molecule has 0 unspecified atom stereocenters. The second-order valence-electron chi connectivity index (χ2n) is 6.23. The number of hydrogen-bond donors (Lipinski definition) is 1. The van der Waals surface area contributed by atoms with E-state index in [1.807, 2.05) is 37.3 Å². The van der Waals surface area contributed by atoms with Crippen molar-refractivity contribution in [2.45, 2.75) is 33.7 Å². The lowest BCUT2D eigenvalue weighted by Crippen LogP contribution is -2.23. The number of nitriles is 1. The molecule has 0 aliphatic carbocycles. The molecule has 132 valence electrons. The van der Waals surface area contributed by atoms with Crippen LogP contribution in [-0.4, -0.2) is 10.5 Å². The van der Waals surface area contributed by atoms with E-state index in [1.54, 1.807) is 24.5 Å². The van der Waals surface area contributed by atoms with E-state index < -0.39 is 0 Å². The van der Waals surface area contributed by atoms with Crippen LogP contribution >= 0.6 is 0 Å². The molecule has 1 aromatic carbocycles. The smallest absolute Gasteiger partial charge is 0.251 e. The summed E-state index contributed by atoms with van der Waals surface area (Å²) in [6, 6.07) is 11.2. The van der Waals surface area contributed by atoms with Crippen LogP contribution in [0.25, 0.3) is 10.9 Å². The molecule has 0 bridgehead atoms. The van der Waals surface area contributed by atoms with Crippen LogP contribution in [0, 0.1) is 32.1 Å². The summed E-state index contributed by atoms with van der Waals surface area (Å²) in [5, 5.41) is 12.8. The fourth-order valence-corrected chi connectivity index (χ4v) is 2.98. The van der Waals surface area contributed by atoms with Gasteiger partial charge in [0.2, 0.25) is 11.8 Å². The zero-order valence-corrected chi connectivity index (χ0v) is 14.9. The van der Waals surface area contributed by atoms with Gasteiger partial charge < -0.3 is 8.98 Å². The highest BCUT2D eigenvalue weighted by Crippen LogP contribution is 2.25. The van der Waals surface area contributed by atoms with Gasteiger partial charge >= 0.3 is 0 Å². The van der Waals surface area contributed by atoms with Crippen LogP contribution in [0.3, 0.4) is 0 Å². The molecule has 0 fully saturated rings. The molecule has 0 radical (unpaired) electrons. The number of aryl methyl sites for hydroxylation is 3. The van der Waals surface area contributed by atoms with Crippen LogP contribution in [0.1, 0.15) is 28.9 Å². The van der Waals surface area contributed by atoms with Crippen LogP contribution in [0.2, 0.25) is 0 Å². The van der Waals surface area contributed by atoms with E-state index in [2.05, 4.69) is 5.32 Å². The zero-order chi connectivity index (χ0) is 18.8. The Labute approximate surface area is 150 Å². The van der Waals surface area contributed by atoms with Crippen molar-refractivity contribution in [1.29, 1.82) is 5.26 Å². The van der Waals surface area contributed by atoms with Gasteiger partial charge in [-0.15, -0.1) is 0 Å². The summed E-state index contributed by atoms with van der Waals surface area (Å²) in [6.45, 7) is 5.65. The third-order valence-corrected chi connectivity index (χ3v) is 4.54. The van der Waals surface area contributed by atoms with E-state index in [9.17, 15) is 14.9 Å². The molecule has 0 spiro atoms. The van der Waals surface area contributed by atoms with E-state index in [1.165, 1.54) is 0 Å². The SMILES string of the molecule is Cc1oc(NC(=O)CCn2c(=O)cc(C)c3ccccc32)c(C#N)c1C. The van der Waals surface area contributed by atoms with Crippen molar-refractivity contribution in [2.24, 2.45) is 0 Å². The van der Waals surface area contributed by atoms with Crippen molar-refractivity contribution >= 4 is 22.7 Å². The largest absolute Gasteiger partial charge is 0.444 e. The van der Waals surface area contributed by atoms with Crippen LogP contribution in [-0.2, 0) is 11.3 Å². The van der Waals surface area contributed by atoms with Crippen LogP contribution in [0.4, 0.5) is 5.88 Å². The standard InChI is InChI=1S/C20H19N3O3/c1-12-10-19(25)23(17-7-5-4-6-15(12)17)9-8-18(24)22-20-16(11-21)13(2)14(3)26-20/h4-7,10H,8-9H2,1-3H3,(H,22,24). The highest BCUT2D eigenvalue weighted by Gasteiger charge is 2.17. The van der Waals surface area contributed by atoms with Crippen molar-refractivity contribution in [3.05, 3.63) is 63.1 Å². The van der Waals surface area contributed by atoms with Crippen molar-refractivity contribution in [3.63, 3.8) is 0 Å². The fraction of sp³-hybridized carbons (Fsp3) is 0.250. The van der Waals surface area contributed by atoms with E-state index in [0.29, 0.717) is 16.9 Å². The Bertz CT molecular complexity index is 1100. The molecule has 1 amide bonds. The number of para-hydroxylation sites is 1. The molecule has 0 aliphatic heterocycles. The minimum Gasteiger partial charge on any atom is -0.444 e. The number of carbonyl (C=O) groups excluding carboxylic acids is 1. The Kier molecular flexibility index (Phi) is 4.63. The number of rotatable bonds is 4. The maximum atomic E-state index is 12.3. The summed E-state index contributed by atoms with van der Waals surface area (Å²) in [5.74, 6) is 0.443. The average Bonchev–Trinajstić information content (AvgIpc) is 2.87. The summed E-state index contributed by atoms with van der Waals surface area (Å²) in [4.78, 5) is 24.6. The number of fused-ring (bicyclic) bond motifs is 1. The van der Waals surface area contributed by atoms with Gasteiger partial charge in [-0.25, -0.2) is 0 Å². The Morgan fingerprint density at radius 3 is 2.73 bits per heavy atom. The first-order chi connectivity index (χ1) is 12.4. The van der Waals surface area contributed by atoms with Gasteiger partial charge in [-0.2, -0.15) is 5.26 Å². The number of nitrogens with one attached hydrogen (secondary N) is 1. The van der Waals surface area contributed by atoms with Crippen LogP contribution < -0.4 is 10.9 Å². The summed E-state index contributed by atoms with van der Waals surface area (Å²) >= 11 is 0. The number of benzene rings is 1. The normalized spacial score (nSPS) is 10.7. The maximum Gasteiger partial charge on any atom is 0.251 e.